The van der Waals surface area contributed by atoms with Gasteiger partial charge in [-0.25, -0.2) is 12.8 Å². The maximum Gasteiger partial charge on any atom is 0.265 e. The summed E-state index contributed by atoms with van der Waals surface area (Å²) in [6.45, 7) is 2.53. The number of rotatable bonds is 6. The Morgan fingerprint density at radius 1 is 1.24 bits per heavy atom. The van der Waals surface area contributed by atoms with Gasteiger partial charge in [0.05, 0.1) is 5.69 Å². The van der Waals surface area contributed by atoms with Crippen molar-refractivity contribution >= 4 is 27.0 Å². The number of anilines is 1. The highest BCUT2D eigenvalue weighted by Gasteiger charge is 2.26. The molecule has 0 bridgehead atoms. The van der Waals surface area contributed by atoms with E-state index in [1.165, 1.54) is 39.9 Å². The van der Waals surface area contributed by atoms with Crippen LogP contribution in [0, 0.1) is 5.82 Å². The lowest BCUT2D eigenvalue weighted by Crippen LogP contribution is -2.31. The molecule has 0 aliphatic rings. The summed E-state index contributed by atoms with van der Waals surface area (Å²) in [5.41, 5.74) is 0.459. The molecule has 0 fully saturated rings. The Balaban J connectivity index is 2.44. The van der Waals surface area contributed by atoms with Crippen molar-refractivity contribution in [3.8, 4) is 0 Å². The smallest absolute Gasteiger partial charge is 0.265 e. The first kappa shape index (κ1) is 15.9. The maximum absolute atomic E-state index is 13.0. The summed E-state index contributed by atoms with van der Waals surface area (Å²) in [6, 6.07) is 7.07. The van der Waals surface area contributed by atoms with Gasteiger partial charge in [-0.05, 0) is 49.7 Å². The topological polar surface area (TPSA) is 49.4 Å². The molecule has 2 rings (SSSR count). The van der Waals surface area contributed by atoms with E-state index in [9.17, 15) is 12.8 Å². The van der Waals surface area contributed by atoms with Gasteiger partial charge in [0.15, 0.2) is 0 Å². The first-order chi connectivity index (χ1) is 10.0. The van der Waals surface area contributed by atoms with E-state index in [2.05, 4.69) is 5.32 Å². The lowest BCUT2D eigenvalue weighted by atomic mass is 10.3. The van der Waals surface area contributed by atoms with Crippen molar-refractivity contribution in [1.82, 2.24) is 5.32 Å². The average molecular weight is 328 g/mol. The third-order valence-electron chi connectivity index (χ3n) is 3.01. The Bertz CT molecular complexity index is 696. The largest absolute Gasteiger partial charge is 0.315 e. The van der Waals surface area contributed by atoms with Crippen molar-refractivity contribution in [3.63, 3.8) is 0 Å². The fourth-order valence-electron chi connectivity index (χ4n) is 2.07. The zero-order valence-electron chi connectivity index (χ0n) is 11.8. The molecule has 1 aromatic carbocycles. The molecule has 4 nitrogen and oxygen atoms in total. The Morgan fingerprint density at radius 2 is 1.90 bits per heavy atom. The second kappa shape index (κ2) is 6.55. The van der Waals surface area contributed by atoms with Gasteiger partial charge in [-0.1, -0.05) is 0 Å². The van der Waals surface area contributed by atoms with Crippen LogP contribution in [0.15, 0.2) is 40.6 Å². The highest BCUT2D eigenvalue weighted by Crippen LogP contribution is 2.28. The number of hydrogen-bond donors (Lipinski definition) is 1. The minimum Gasteiger partial charge on any atom is -0.315 e. The Labute approximate surface area is 128 Å². The number of sulfonamides is 1. The molecule has 0 atom stereocenters. The quantitative estimate of drug-likeness (QED) is 0.887. The summed E-state index contributed by atoms with van der Waals surface area (Å²) in [5, 5.41) is 4.73. The van der Waals surface area contributed by atoms with Gasteiger partial charge < -0.3 is 5.32 Å². The van der Waals surface area contributed by atoms with Gasteiger partial charge in [0, 0.05) is 18.0 Å². The third-order valence-corrected chi connectivity index (χ3v) is 6.05. The predicted octanol–water partition coefficient (Wildman–Crippen LogP) is 2.82. The minimum atomic E-state index is -3.65. The Hall–Kier alpha value is -1.44. The van der Waals surface area contributed by atoms with Crippen LogP contribution in [0.25, 0.3) is 0 Å². The number of thiophene rings is 1. The number of hydrogen-bond acceptors (Lipinski definition) is 4. The summed E-state index contributed by atoms with van der Waals surface area (Å²) in [5.74, 6) is -0.390. The molecule has 0 aliphatic carbocycles. The molecule has 21 heavy (non-hydrogen) atoms. The molecule has 0 saturated heterocycles. The SMILES string of the molecule is CCN(c1ccc(F)cc1)S(=O)(=O)c1ccsc1CNC. The van der Waals surface area contributed by atoms with Crippen LogP contribution in [-0.2, 0) is 16.6 Å². The van der Waals surface area contributed by atoms with Crippen LogP contribution >= 0.6 is 11.3 Å². The fraction of sp³-hybridized carbons (Fsp3) is 0.286. The summed E-state index contributed by atoms with van der Waals surface area (Å²) >= 11 is 1.40. The third kappa shape index (κ3) is 3.25. The van der Waals surface area contributed by atoms with Gasteiger partial charge in [-0.15, -0.1) is 11.3 Å². The number of nitrogens with zero attached hydrogens (tertiary/aromatic N) is 1. The first-order valence-electron chi connectivity index (χ1n) is 6.50. The van der Waals surface area contributed by atoms with Gasteiger partial charge in [0.25, 0.3) is 10.0 Å². The molecular weight excluding hydrogens is 311 g/mol. The monoisotopic (exact) mass is 328 g/mol. The van der Waals surface area contributed by atoms with E-state index in [0.29, 0.717) is 17.1 Å². The molecule has 0 saturated carbocycles. The molecule has 114 valence electrons. The van der Waals surface area contributed by atoms with Gasteiger partial charge in [0.2, 0.25) is 0 Å². The van der Waals surface area contributed by atoms with Crippen molar-refractivity contribution < 1.29 is 12.8 Å². The first-order valence-corrected chi connectivity index (χ1v) is 8.82. The van der Waals surface area contributed by atoms with Crippen molar-refractivity contribution in [2.75, 3.05) is 17.9 Å². The molecule has 1 aromatic heterocycles. The average Bonchev–Trinajstić information content (AvgIpc) is 2.91. The Morgan fingerprint density at radius 3 is 2.48 bits per heavy atom. The van der Waals surface area contributed by atoms with Crippen molar-refractivity contribution in [1.29, 1.82) is 0 Å². The summed E-state index contributed by atoms with van der Waals surface area (Å²) in [7, 11) is -1.87. The molecule has 1 N–H and O–H groups in total. The van der Waals surface area contributed by atoms with E-state index in [-0.39, 0.29) is 6.54 Å². The molecule has 0 radical (unpaired) electrons. The molecule has 2 aromatic rings. The van der Waals surface area contributed by atoms with Gasteiger partial charge in [-0.3, -0.25) is 4.31 Å². The standard InChI is InChI=1S/C14H17FN2O2S2/c1-3-17(12-6-4-11(15)5-7-12)21(18,19)14-8-9-20-13(14)10-16-2/h4-9,16H,3,10H2,1-2H3. The van der Waals surface area contributed by atoms with Crippen LogP contribution in [-0.4, -0.2) is 22.0 Å². The molecule has 0 amide bonds. The number of benzene rings is 1. The summed E-state index contributed by atoms with van der Waals surface area (Å²) in [4.78, 5) is 1.06. The van der Waals surface area contributed by atoms with E-state index in [1.54, 1.807) is 25.4 Å². The van der Waals surface area contributed by atoms with Crippen LogP contribution in [0.2, 0.25) is 0 Å². The van der Waals surface area contributed by atoms with Crippen molar-refractivity contribution in [2.45, 2.75) is 18.4 Å². The molecular formula is C14H17FN2O2S2. The molecule has 0 aliphatic heterocycles. The maximum atomic E-state index is 13.0. The van der Waals surface area contributed by atoms with E-state index >= 15 is 0 Å². The van der Waals surface area contributed by atoms with E-state index in [1.807, 2.05) is 0 Å². The lowest BCUT2D eigenvalue weighted by molar-refractivity contribution is 0.590. The van der Waals surface area contributed by atoms with Gasteiger partial charge in [-0.2, -0.15) is 0 Å². The van der Waals surface area contributed by atoms with Gasteiger partial charge in [0.1, 0.15) is 10.7 Å². The second-order valence-corrected chi connectivity index (χ2v) is 7.22. The van der Waals surface area contributed by atoms with Crippen LogP contribution in [0.5, 0.6) is 0 Å². The van der Waals surface area contributed by atoms with Crippen LogP contribution in [0.1, 0.15) is 11.8 Å². The van der Waals surface area contributed by atoms with E-state index in [4.69, 9.17) is 0 Å². The van der Waals surface area contributed by atoms with Crippen molar-refractivity contribution in [3.05, 3.63) is 46.4 Å². The number of halogens is 1. The highest BCUT2D eigenvalue weighted by molar-refractivity contribution is 7.93. The van der Waals surface area contributed by atoms with E-state index in [0.717, 1.165) is 4.88 Å². The van der Waals surface area contributed by atoms with Crippen LogP contribution < -0.4 is 9.62 Å². The molecule has 0 spiro atoms. The van der Waals surface area contributed by atoms with Crippen LogP contribution in [0.4, 0.5) is 10.1 Å². The van der Waals surface area contributed by atoms with E-state index < -0.39 is 15.8 Å². The highest BCUT2D eigenvalue weighted by atomic mass is 32.2. The second-order valence-electron chi connectivity index (χ2n) is 4.38. The lowest BCUT2D eigenvalue weighted by Gasteiger charge is -2.23. The molecule has 0 unspecified atom stereocenters. The zero-order chi connectivity index (χ0) is 15.5. The predicted molar refractivity (Wildman–Crippen MR) is 83.7 cm³/mol. The summed E-state index contributed by atoms with van der Waals surface area (Å²) < 4.78 is 39.9. The minimum absolute atomic E-state index is 0.281. The Kier molecular flexibility index (Phi) is 4.97. The van der Waals surface area contributed by atoms with Gasteiger partial charge >= 0.3 is 0 Å². The van der Waals surface area contributed by atoms with Crippen molar-refractivity contribution in [2.24, 2.45) is 0 Å². The molecule has 7 heteroatoms. The molecule has 1 heterocycles. The number of nitrogens with one attached hydrogen (secondary N) is 1. The summed E-state index contributed by atoms with van der Waals surface area (Å²) in [6.07, 6.45) is 0. The normalized spacial score (nSPS) is 11.6. The fourth-order valence-corrected chi connectivity index (χ4v) is 4.97. The zero-order valence-corrected chi connectivity index (χ0v) is 13.5. The van der Waals surface area contributed by atoms with Crippen LogP contribution in [0.3, 0.4) is 0 Å².